The van der Waals surface area contributed by atoms with Gasteiger partial charge in [0.2, 0.25) is 5.91 Å². The normalized spacial score (nSPS) is 14.5. The van der Waals surface area contributed by atoms with Gasteiger partial charge in [-0.3, -0.25) is 14.4 Å². The summed E-state index contributed by atoms with van der Waals surface area (Å²) in [6.07, 6.45) is 1.16. The number of aryl methyl sites for hydroxylation is 2. The van der Waals surface area contributed by atoms with Crippen molar-refractivity contribution in [3.63, 3.8) is 0 Å². The first kappa shape index (κ1) is 16.0. The van der Waals surface area contributed by atoms with Gasteiger partial charge in [-0.25, -0.2) is 0 Å². The summed E-state index contributed by atoms with van der Waals surface area (Å²) >= 11 is 0. The van der Waals surface area contributed by atoms with Crippen LogP contribution in [0.2, 0.25) is 0 Å². The molecule has 1 aromatic heterocycles. The number of aromatic amines is 1. The van der Waals surface area contributed by atoms with E-state index in [0.29, 0.717) is 18.5 Å². The molecule has 24 heavy (non-hydrogen) atoms. The fraction of sp³-hybridized carbons (Fsp3) is 0.278. The van der Waals surface area contributed by atoms with E-state index in [4.69, 9.17) is 0 Å². The second-order valence-electron chi connectivity index (χ2n) is 6.04. The van der Waals surface area contributed by atoms with Gasteiger partial charge in [-0.2, -0.15) is 0 Å². The van der Waals surface area contributed by atoms with Crippen LogP contribution in [0.5, 0.6) is 0 Å². The van der Waals surface area contributed by atoms with Gasteiger partial charge in [-0.15, -0.1) is 0 Å². The molecule has 1 aromatic carbocycles. The molecule has 0 fully saturated rings. The van der Waals surface area contributed by atoms with Crippen molar-refractivity contribution >= 4 is 17.5 Å². The molecule has 124 valence electrons. The van der Waals surface area contributed by atoms with Crippen LogP contribution in [0.1, 0.15) is 46.6 Å². The molecule has 1 unspecified atom stereocenters. The number of carbonyl (C=O) groups excluding carboxylic acids is 2. The molecule has 0 saturated carbocycles. The van der Waals surface area contributed by atoms with Crippen LogP contribution in [0.3, 0.4) is 0 Å². The quantitative estimate of drug-likeness (QED) is 0.806. The van der Waals surface area contributed by atoms with Crippen LogP contribution in [0.25, 0.3) is 0 Å². The maximum absolute atomic E-state index is 12.3. The van der Waals surface area contributed by atoms with E-state index in [9.17, 15) is 14.4 Å². The average molecular weight is 325 g/mol. The molecule has 0 aliphatic carbocycles. The first-order valence-corrected chi connectivity index (χ1v) is 7.87. The number of anilines is 1. The minimum absolute atomic E-state index is 0.0233. The topological polar surface area (TPSA) is 91.1 Å². The van der Waals surface area contributed by atoms with Gasteiger partial charge in [-0.1, -0.05) is 12.1 Å². The third kappa shape index (κ3) is 3.22. The Labute approximate surface area is 139 Å². The Morgan fingerprint density at radius 1 is 1.17 bits per heavy atom. The lowest BCUT2D eigenvalue weighted by molar-refractivity contribution is -0.116. The summed E-state index contributed by atoms with van der Waals surface area (Å²) in [5.41, 5.74) is 3.22. The van der Waals surface area contributed by atoms with Gasteiger partial charge >= 0.3 is 0 Å². The summed E-state index contributed by atoms with van der Waals surface area (Å²) < 4.78 is 0. The summed E-state index contributed by atoms with van der Waals surface area (Å²) in [6, 6.07) is 8.68. The van der Waals surface area contributed by atoms with Crippen LogP contribution in [-0.2, 0) is 11.2 Å². The van der Waals surface area contributed by atoms with E-state index < -0.39 is 11.5 Å². The number of rotatable bonds is 3. The van der Waals surface area contributed by atoms with Crippen molar-refractivity contribution in [1.29, 1.82) is 0 Å². The summed E-state index contributed by atoms with van der Waals surface area (Å²) in [6.45, 7) is 3.63. The molecule has 0 radical (unpaired) electrons. The standard InChI is InChI=1S/C18H19N3O3/c1-10-3-6-14(17(23)19-10)18(24)20-11(2)12-4-7-15-13(9-12)5-8-16(22)21-15/h3-4,6-7,9,11H,5,8H2,1-2H3,(H,19,23)(H,20,24)(H,21,22). The van der Waals surface area contributed by atoms with E-state index in [1.165, 1.54) is 6.07 Å². The monoisotopic (exact) mass is 325 g/mol. The zero-order chi connectivity index (χ0) is 17.3. The molecule has 6 heteroatoms. The largest absolute Gasteiger partial charge is 0.345 e. The van der Waals surface area contributed by atoms with Crippen molar-refractivity contribution in [2.24, 2.45) is 0 Å². The second kappa shape index (κ2) is 6.31. The molecular formula is C18H19N3O3. The number of amides is 2. The number of benzene rings is 1. The van der Waals surface area contributed by atoms with Crippen molar-refractivity contribution in [1.82, 2.24) is 10.3 Å². The Bertz CT molecular complexity index is 870. The zero-order valence-electron chi connectivity index (χ0n) is 13.6. The minimum atomic E-state index is -0.408. The van der Waals surface area contributed by atoms with Crippen LogP contribution in [0.4, 0.5) is 5.69 Å². The predicted molar refractivity (Wildman–Crippen MR) is 91.1 cm³/mol. The molecule has 6 nitrogen and oxygen atoms in total. The van der Waals surface area contributed by atoms with Gasteiger partial charge in [0, 0.05) is 17.8 Å². The van der Waals surface area contributed by atoms with Crippen LogP contribution < -0.4 is 16.2 Å². The minimum Gasteiger partial charge on any atom is -0.345 e. The fourth-order valence-electron chi connectivity index (χ4n) is 2.78. The van der Waals surface area contributed by atoms with Crippen molar-refractivity contribution in [3.05, 3.63) is 63.1 Å². The molecule has 3 N–H and O–H groups in total. The Hall–Kier alpha value is -2.89. The van der Waals surface area contributed by atoms with E-state index >= 15 is 0 Å². The highest BCUT2D eigenvalue weighted by Gasteiger charge is 2.18. The summed E-state index contributed by atoms with van der Waals surface area (Å²) in [7, 11) is 0. The van der Waals surface area contributed by atoms with E-state index in [1.54, 1.807) is 13.0 Å². The van der Waals surface area contributed by atoms with Gasteiger partial charge in [0.25, 0.3) is 11.5 Å². The molecule has 1 atom stereocenters. The maximum atomic E-state index is 12.3. The Balaban J connectivity index is 1.77. The molecule has 2 amide bonds. The summed E-state index contributed by atoms with van der Waals surface area (Å²) in [5, 5.41) is 5.68. The number of hydrogen-bond donors (Lipinski definition) is 3. The predicted octanol–water partition coefficient (Wildman–Crippen LogP) is 2.06. The van der Waals surface area contributed by atoms with Gasteiger partial charge in [0.15, 0.2) is 0 Å². The van der Waals surface area contributed by atoms with Crippen molar-refractivity contribution in [3.8, 4) is 0 Å². The molecule has 2 heterocycles. The number of H-pyrrole nitrogens is 1. The number of carbonyl (C=O) groups is 2. The molecule has 0 spiro atoms. The highest BCUT2D eigenvalue weighted by Crippen LogP contribution is 2.26. The van der Waals surface area contributed by atoms with Gasteiger partial charge < -0.3 is 15.6 Å². The van der Waals surface area contributed by atoms with E-state index in [1.807, 2.05) is 25.1 Å². The van der Waals surface area contributed by atoms with Crippen molar-refractivity contribution in [2.45, 2.75) is 32.7 Å². The smallest absolute Gasteiger partial charge is 0.260 e. The number of aromatic nitrogens is 1. The van der Waals surface area contributed by atoms with Gasteiger partial charge in [-0.05, 0) is 49.6 Å². The third-order valence-electron chi connectivity index (χ3n) is 4.17. The number of fused-ring (bicyclic) bond motifs is 1. The van der Waals surface area contributed by atoms with Gasteiger partial charge in [0.1, 0.15) is 5.56 Å². The molecule has 2 aromatic rings. The van der Waals surface area contributed by atoms with E-state index in [-0.39, 0.29) is 17.5 Å². The Kier molecular flexibility index (Phi) is 4.20. The van der Waals surface area contributed by atoms with Crippen molar-refractivity contribution in [2.75, 3.05) is 5.32 Å². The molecular weight excluding hydrogens is 306 g/mol. The molecule has 1 aliphatic heterocycles. The maximum Gasteiger partial charge on any atom is 0.260 e. The first-order valence-electron chi connectivity index (χ1n) is 7.87. The van der Waals surface area contributed by atoms with E-state index in [0.717, 1.165) is 16.8 Å². The van der Waals surface area contributed by atoms with Crippen molar-refractivity contribution < 1.29 is 9.59 Å². The third-order valence-corrected chi connectivity index (χ3v) is 4.17. The summed E-state index contributed by atoms with van der Waals surface area (Å²) in [5.74, 6) is -0.384. The molecule has 3 rings (SSSR count). The van der Waals surface area contributed by atoms with Crippen LogP contribution in [0.15, 0.2) is 35.1 Å². The number of hydrogen-bond acceptors (Lipinski definition) is 3. The lowest BCUT2D eigenvalue weighted by atomic mass is 9.97. The highest BCUT2D eigenvalue weighted by molar-refractivity contribution is 5.94. The van der Waals surface area contributed by atoms with Crippen LogP contribution in [0, 0.1) is 6.92 Å². The molecule has 0 saturated heterocycles. The Morgan fingerprint density at radius 3 is 2.71 bits per heavy atom. The lowest BCUT2D eigenvalue weighted by Crippen LogP contribution is -2.31. The van der Waals surface area contributed by atoms with Crippen LogP contribution >= 0.6 is 0 Å². The average Bonchev–Trinajstić information content (AvgIpc) is 2.54. The molecule has 0 bridgehead atoms. The number of nitrogens with one attached hydrogen (secondary N) is 3. The Morgan fingerprint density at radius 2 is 1.96 bits per heavy atom. The first-order chi connectivity index (χ1) is 11.4. The lowest BCUT2D eigenvalue weighted by Gasteiger charge is -2.20. The SMILES string of the molecule is Cc1ccc(C(=O)NC(C)c2ccc3c(c2)CCC(=O)N3)c(=O)[nH]1. The van der Waals surface area contributed by atoms with Gasteiger partial charge in [0.05, 0.1) is 6.04 Å². The summed E-state index contributed by atoms with van der Waals surface area (Å²) in [4.78, 5) is 38.2. The second-order valence-corrected chi connectivity index (χ2v) is 6.04. The highest BCUT2D eigenvalue weighted by atomic mass is 16.2. The molecule has 1 aliphatic rings. The van der Waals surface area contributed by atoms with E-state index in [2.05, 4.69) is 15.6 Å². The number of pyridine rings is 1. The zero-order valence-corrected chi connectivity index (χ0v) is 13.6. The van der Waals surface area contributed by atoms with Crippen LogP contribution in [-0.4, -0.2) is 16.8 Å². The fourth-order valence-corrected chi connectivity index (χ4v) is 2.78.